The molecule has 0 spiro atoms. The number of nitrogens with one attached hydrogen (secondary N) is 2. The van der Waals surface area contributed by atoms with E-state index in [0.29, 0.717) is 18.0 Å². The summed E-state index contributed by atoms with van der Waals surface area (Å²) in [6, 6.07) is 5.37. The summed E-state index contributed by atoms with van der Waals surface area (Å²) in [7, 11) is 1.58. The summed E-state index contributed by atoms with van der Waals surface area (Å²) in [6.07, 6.45) is 0.174. The predicted octanol–water partition coefficient (Wildman–Crippen LogP) is 1.99. The molecule has 1 aromatic rings. The largest absolute Gasteiger partial charge is 0.497 e. The molecule has 2 N–H and O–H groups in total. The zero-order valence-corrected chi connectivity index (χ0v) is 13.1. The number of carbonyl (C=O) groups is 2. The van der Waals surface area contributed by atoms with Crippen LogP contribution in [0.4, 0.5) is 5.69 Å². The molecule has 0 unspecified atom stereocenters. The van der Waals surface area contributed by atoms with Gasteiger partial charge in [-0.1, -0.05) is 6.92 Å². The zero-order valence-electron chi connectivity index (χ0n) is 12.3. The van der Waals surface area contributed by atoms with Gasteiger partial charge in [-0.25, -0.2) is 0 Å². The molecule has 21 heavy (non-hydrogen) atoms. The molecule has 1 aliphatic rings. The van der Waals surface area contributed by atoms with Crippen LogP contribution in [0.5, 0.6) is 5.75 Å². The number of rotatable bonds is 6. The number of hydrogen-bond donors (Lipinski definition) is 2. The third-order valence-electron chi connectivity index (χ3n) is 3.36. The number of anilines is 1. The van der Waals surface area contributed by atoms with Gasteiger partial charge in [0.25, 0.3) is 0 Å². The molecule has 0 bridgehead atoms. The van der Waals surface area contributed by atoms with Crippen LogP contribution >= 0.6 is 11.8 Å². The monoisotopic (exact) mass is 308 g/mol. The van der Waals surface area contributed by atoms with Crippen molar-refractivity contribution in [1.82, 2.24) is 5.32 Å². The molecule has 0 aliphatic carbocycles. The highest BCUT2D eigenvalue weighted by Gasteiger charge is 2.30. The molecule has 6 heteroatoms. The van der Waals surface area contributed by atoms with Crippen LogP contribution in [0.15, 0.2) is 18.2 Å². The molecule has 0 fully saturated rings. The van der Waals surface area contributed by atoms with E-state index in [9.17, 15) is 9.59 Å². The van der Waals surface area contributed by atoms with E-state index in [1.807, 2.05) is 6.07 Å². The van der Waals surface area contributed by atoms with E-state index in [1.54, 1.807) is 31.0 Å². The molecule has 5 nitrogen and oxygen atoms in total. The highest BCUT2D eigenvalue weighted by atomic mass is 32.2. The number of thioether (sulfide) groups is 1. The number of ether oxygens (including phenoxy) is 1. The van der Waals surface area contributed by atoms with Crippen molar-refractivity contribution in [3.63, 3.8) is 0 Å². The van der Waals surface area contributed by atoms with E-state index < -0.39 is 5.92 Å². The normalized spacial score (nSPS) is 16.9. The Balaban J connectivity index is 2.12. The number of amides is 2. The SMILES string of the molecule is CCSCCNC(=O)[C@H]1CC(=O)Nc2ccc(OC)cc21. The molecule has 2 amide bonds. The second-order valence-electron chi connectivity index (χ2n) is 4.75. The van der Waals surface area contributed by atoms with Crippen LogP contribution < -0.4 is 15.4 Å². The molecule has 1 aromatic carbocycles. The van der Waals surface area contributed by atoms with Gasteiger partial charge in [0.1, 0.15) is 5.75 Å². The molecule has 0 saturated heterocycles. The number of methoxy groups -OCH3 is 1. The molecule has 1 atom stereocenters. The van der Waals surface area contributed by atoms with Gasteiger partial charge in [-0.05, 0) is 29.5 Å². The third kappa shape index (κ3) is 3.91. The van der Waals surface area contributed by atoms with Gasteiger partial charge >= 0.3 is 0 Å². The fraction of sp³-hybridized carbons (Fsp3) is 0.467. The van der Waals surface area contributed by atoms with Gasteiger partial charge in [0.05, 0.1) is 13.0 Å². The number of carbonyl (C=O) groups excluding carboxylic acids is 2. The summed E-state index contributed by atoms with van der Waals surface area (Å²) < 4.78 is 5.20. The second kappa shape index (κ2) is 7.36. The van der Waals surface area contributed by atoms with Gasteiger partial charge in [0.2, 0.25) is 11.8 Å². The smallest absolute Gasteiger partial charge is 0.228 e. The average molecular weight is 308 g/mol. The minimum atomic E-state index is -0.449. The van der Waals surface area contributed by atoms with Crippen molar-refractivity contribution in [2.24, 2.45) is 0 Å². The molecule has 0 aromatic heterocycles. The first kappa shape index (κ1) is 15.7. The summed E-state index contributed by atoms with van der Waals surface area (Å²) in [5.74, 6) is 1.92. The van der Waals surface area contributed by atoms with Gasteiger partial charge < -0.3 is 15.4 Å². The maximum absolute atomic E-state index is 12.3. The maximum Gasteiger partial charge on any atom is 0.228 e. The van der Waals surface area contributed by atoms with Crippen LogP contribution in [-0.4, -0.2) is 37.0 Å². The van der Waals surface area contributed by atoms with E-state index in [2.05, 4.69) is 17.6 Å². The Morgan fingerprint density at radius 3 is 3.05 bits per heavy atom. The van der Waals surface area contributed by atoms with Crippen molar-refractivity contribution in [2.75, 3.05) is 30.5 Å². The summed E-state index contributed by atoms with van der Waals surface area (Å²) in [5, 5.41) is 5.70. The highest BCUT2D eigenvalue weighted by molar-refractivity contribution is 7.99. The summed E-state index contributed by atoms with van der Waals surface area (Å²) >= 11 is 1.77. The fourth-order valence-corrected chi connectivity index (χ4v) is 2.85. The molecule has 0 radical (unpaired) electrons. The Labute approximate surface area is 128 Å². The van der Waals surface area contributed by atoms with E-state index in [1.165, 1.54) is 0 Å². The van der Waals surface area contributed by atoms with E-state index in [-0.39, 0.29) is 18.2 Å². The van der Waals surface area contributed by atoms with E-state index >= 15 is 0 Å². The van der Waals surface area contributed by atoms with Crippen molar-refractivity contribution in [1.29, 1.82) is 0 Å². The summed E-state index contributed by atoms with van der Waals surface area (Å²) in [6.45, 7) is 2.70. The lowest BCUT2D eigenvalue weighted by molar-refractivity contribution is -0.126. The van der Waals surface area contributed by atoms with E-state index in [4.69, 9.17) is 4.74 Å². The van der Waals surface area contributed by atoms with Crippen molar-refractivity contribution in [2.45, 2.75) is 19.3 Å². The first-order valence-electron chi connectivity index (χ1n) is 6.99. The molecule has 1 heterocycles. The Morgan fingerprint density at radius 2 is 2.33 bits per heavy atom. The summed E-state index contributed by atoms with van der Waals surface area (Å²) in [4.78, 5) is 24.1. The van der Waals surface area contributed by atoms with Crippen LogP contribution in [0.1, 0.15) is 24.8 Å². The number of fused-ring (bicyclic) bond motifs is 1. The Bertz CT molecular complexity index is 534. The van der Waals surface area contributed by atoms with Crippen molar-refractivity contribution in [3.8, 4) is 5.75 Å². The lowest BCUT2D eigenvalue weighted by atomic mass is 9.89. The van der Waals surface area contributed by atoms with Gasteiger partial charge in [-0.15, -0.1) is 0 Å². The van der Waals surface area contributed by atoms with Gasteiger partial charge in [-0.3, -0.25) is 9.59 Å². The lowest BCUT2D eigenvalue weighted by Gasteiger charge is -2.25. The van der Waals surface area contributed by atoms with Crippen molar-refractivity contribution >= 4 is 29.3 Å². The first-order chi connectivity index (χ1) is 10.2. The zero-order chi connectivity index (χ0) is 15.2. The first-order valence-corrected chi connectivity index (χ1v) is 8.14. The van der Waals surface area contributed by atoms with Gasteiger partial charge in [-0.2, -0.15) is 11.8 Å². The topological polar surface area (TPSA) is 67.4 Å². The Kier molecular flexibility index (Phi) is 5.50. The molecule has 2 rings (SSSR count). The molecular formula is C15H20N2O3S. The quantitative estimate of drug-likeness (QED) is 0.789. The number of hydrogen-bond acceptors (Lipinski definition) is 4. The van der Waals surface area contributed by atoms with E-state index in [0.717, 1.165) is 17.1 Å². The third-order valence-corrected chi connectivity index (χ3v) is 4.27. The Morgan fingerprint density at radius 1 is 1.52 bits per heavy atom. The Hall–Kier alpha value is -1.69. The minimum absolute atomic E-state index is 0.101. The fourth-order valence-electron chi connectivity index (χ4n) is 2.31. The lowest BCUT2D eigenvalue weighted by Crippen LogP contribution is -2.36. The van der Waals surface area contributed by atoms with Crippen LogP contribution in [0.25, 0.3) is 0 Å². The standard InChI is InChI=1S/C15H20N2O3S/c1-3-21-7-6-16-15(19)12-9-14(18)17-13-5-4-10(20-2)8-11(12)13/h4-5,8,12H,3,6-7,9H2,1-2H3,(H,16,19)(H,17,18)/t12-/m0/s1. The molecular weight excluding hydrogens is 288 g/mol. The highest BCUT2D eigenvalue weighted by Crippen LogP contribution is 2.34. The summed E-state index contributed by atoms with van der Waals surface area (Å²) in [5.41, 5.74) is 1.50. The van der Waals surface area contributed by atoms with Crippen LogP contribution in [0.3, 0.4) is 0 Å². The van der Waals surface area contributed by atoms with Crippen LogP contribution in [0.2, 0.25) is 0 Å². The van der Waals surface area contributed by atoms with Gasteiger partial charge in [0.15, 0.2) is 0 Å². The minimum Gasteiger partial charge on any atom is -0.497 e. The second-order valence-corrected chi connectivity index (χ2v) is 6.14. The van der Waals surface area contributed by atoms with Crippen LogP contribution in [0, 0.1) is 0 Å². The molecule has 0 saturated carbocycles. The maximum atomic E-state index is 12.3. The van der Waals surface area contributed by atoms with Gasteiger partial charge in [0, 0.05) is 24.4 Å². The molecule has 114 valence electrons. The predicted molar refractivity (Wildman–Crippen MR) is 85.0 cm³/mol. The molecule has 1 aliphatic heterocycles. The van der Waals surface area contributed by atoms with Crippen LogP contribution in [-0.2, 0) is 9.59 Å². The van der Waals surface area contributed by atoms with Crippen molar-refractivity contribution in [3.05, 3.63) is 23.8 Å². The number of benzene rings is 1. The average Bonchev–Trinajstić information content (AvgIpc) is 2.50. The van der Waals surface area contributed by atoms with Crippen molar-refractivity contribution < 1.29 is 14.3 Å².